The van der Waals surface area contributed by atoms with Gasteiger partial charge in [-0.1, -0.05) is 12.1 Å². The average Bonchev–Trinajstić information content (AvgIpc) is 3.54. The number of ketones is 1. The van der Waals surface area contributed by atoms with Crippen molar-refractivity contribution in [3.05, 3.63) is 64.2 Å². The van der Waals surface area contributed by atoms with Gasteiger partial charge in [0.1, 0.15) is 16.4 Å². The normalized spacial score (nSPS) is 25.8. The van der Waals surface area contributed by atoms with E-state index in [4.69, 9.17) is 0 Å². The van der Waals surface area contributed by atoms with Crippen LogP contribution in [-0.2, 0) is 11.2 Å². The second-order valence-electron chi connectivity index (χ2n) is 10.4. The zero-order chi connectivity index (χ0) is 25.9. The van der Waals surface area contributed by atoms with Crippen LogP contribution in [0.2, 0.25) is 0 Å². The third-order valence-corrected chi connectivity index (χ3v) is 8.10. The first-order valence-corrected chi connectivity index (χ1v) is 12.7. The van der Waals surface area contributed by atoms with Crippen molar-refractivity contribution in [3.63, 3.8) is 0 Å². The highest BCUT2D eigenvalue weighted by molar-refractivity contribution is 5.95. The van der Waals surface area contributed by atoms with Gasteiger partial charge < -0.3 is 19.7 Å². The molecule has 6 rings (SSSR count). The number of phenols is 1. The molecule has 2 saturated heterocycles. The van der Waals surface area contributed by atoms with Crippen molar-refractivity contribution in [1.82, 2.24) is 14.9 Å². The Morgan fingerprint density at radius 2 is 2.00 bits per heavy atom. The number of alkyl halides is 2. The molecule has 4 heterocycles. The lowest BCUT2D eigenvalue weighted by Gasteiger charge is -2.37. The molecule has 2 fully saturated rings. The molecule has 8 nitrogen and oxygen atoms in total. The number of nitrogens with zero attached hydrogens (tertiary/aromatic N) is 3. The lowest BCUT2D eigenvalue weighted by molar-refractivity contribution is -0.727. The van der Waals surface area contributed by atoms with Crippen molar-refractivity contribution in [2.24, 2.45) is 0 Å². The first kappa shape index (κ1) is 23.8. The summed E-state index contributed by atoms with van der Waals surface area (Å²) in [7, 11) is 0. The third kappa shape index (κ3) is 3.85. The molecule has 3 atom stereocenters. The summed E-state index contributed by atoms with van der Waals surface area (Å²) in [5.74, 6) is -0.0760. The number of phenolic OH excluding ortho intramolecular Hbond substituents is 1. The second kappa shape index (κ2) is 8.79. The summed E-state index contributed by atoms with van der Waals surface area (Å²) in [5.41, 5.74) is 1.67. The standard InChI is InChI=1S/C27H28F2N4O4/c1-27-15-20-19-14-18(37-26(28)29)7-8-21(19)30-23(20)24(16-5-4-6-17(34)13-16)32(27)33(36)22(25(27)35)9-12-31-10-2-3-11-31/h4-8,13-14,22,24,26,30H,2-3,9-12,15H2,1H3/p+1/t22?,24-,27+/m1/s1. The van der Waals surface area contributed by atoms with Gasteiger partial charge in [0.2, 0.25) is 5.78 Å². The number of rotatable bonds is 6. The van der Waals surface area contributed by atoms with Crippen molar-refractivity contribution in [2.45, 2.75) is 56.8 Å². The van der Waals surface area contributed by atoms with Gasteiger partial charge in [0.05, 0.1) is 10.6 Å². The number of hydrogen-bond donors (Lipinski definition) is 2. The molecule has 0 amide bonds. The summed E-state index contributed by atoms with van der Waals surface area (Å²) in [6.07, 6.45) is 2.93. The van der Waals surface area contributed by atoms with Gasteiger partial charge in [-0.15, -0.1) is 5.01 Å². The maximum absolute atomic E-state index is 13.9. The Morgan fingerprint density at radius 3 is 2.73 bits per heavy atom. The molecule has 0 bridgehead atoms. The van der Waals surface area contributed by atoms with Crippen LogP contribution in [0.25, 0.3) is 10.9 Å². The minimum absolute atomic E-state index is 0.0254. The predicted octanol–water partition coefficient (Wildman–Crippen LogP) is 4.31. The number of fused-ring (bicyclic) bond motifs is 4. The van der Waals surface area contributed by atoms with E-state index in [2.05, 4.69) is 14.6 Å². The average molecular weight is 512 g/mol. The fourth-order valence-electron chi connectivity index (χ4n) is 6.38. The van der Waals surface area contributed by atoms with Gasteiger partial charge in [-0.05, 0) is 74.3 Å². The number of aromatic hydroxyl groups is 1. The van der Waals surface area contributed by atoms with E-state index in [0.717, 1.165) is 36.4 Å². The summed E-state index contributed by atoms with van der Waals surface area (Å²) in [6.45, 7) is 1.46. The Labute approximate surface area is 212 Å². The van der Waals surface area contributed by atoms with Crippen molar-refractivity contribution in [3.8, 4) is 11.5 Å². The number of likely N-dealkylation sites (tertiary alicyclic amines) is 1. The van der Waals surface area contributed by atoms with Gasteiger partial charge in [-0.3, -0.25) is 4.79 Å². The second-order valence-corrected chi connectivity index (χ2v) is 10.4. The predicted molar refractivity (Wildman–Crippen MR) is 132 cm³/mol. The Bertz CT molecular complexity index is 1390. The number of nitroso groups, excluding NO2 is 1. The summed E-state index contributed by atoms with van der Waals surface area (Å²) in [6, 6.07) is 9.83. The van der Waals surface area contributed by atoms with Crippen molar-refractivity contribution >= 4 is 16.7 Å². The number of H-pyrrole nitrogens is 1. The van der Waals surface area contributed by atoms with E-state index >= 15 is 0 Å². The Balaban J connectivity index is 1.46. The monoisotopic (exact) mass is 511 g/mol. The summed E-state index contributed by atoms with van der Waals surface area (Å²) in [4.78, 5) is 34.3. The SMILES string of the molecule is C[C@@]12Cc3c([nH]c4ccc(OC(F)F)cc34)[C@@H](c3cccc(O)c3)N1[N+](=O)C(CCN1CCCC1)C2=O. The first-order chi connectivity index (χ1) is 17.8. The molecule has 0 spiro atoms. The topological polar surface area (TPSA) is 88.9 Å². The van der Waals surface area contributed by atoms with Crippen LogP contribution in [0.1, 0.15) is 49.0 Å². The van der Waals surface area contributed by atoms with Gasteiger partial charge in [0, 0.05) is 30.3 Å². The molecule has 0 radical (unpaired) electrons. The highest BCUT2D eigenvalue weighted by atomic mass is 19.3. The molecule has 0 saturated carbocycles. The first-order valence-electron chi connectivity index (χ1n) is 12.7. The maximum Gasteiger partial charge on any atom is 0.387 e. The number of hydrazine groups is 1. The number of benzene rings is 2. The van der Waals surface area contributed by atoms with Gasteiger partial charge in [0.25, 0.3) is 6.04 Å². The zero-order valence-electron chi connectivity index (χ0n) is 20.5. The van der Waals surface area contributed by atoms with Gasteiger partial charge in [-0.2, -0.15) is 8.78 Å². The van der Waals surface area contributed by atoms with E-state index in [0.29, 0.717) is 35.1 Å². The largest absolute Gasteiger partial charge is 0.508 e. The van der Waals surface area contributed by atoms with Crippen LogP contribution in [0.15, 0.2) is 42.5 Å². The molecule has 10 heteroatoms. The number of aromatic amines is 1. The number of carbonyl (C=O) groups is 1. The van der Waals surface area contributed by atoms with Crippen LogP contribution in [0.4, 0.5) is 8.78 Å². The van der Waals surface area contributed by atoms with E-state index in [9.17, 15) is 23.6 Å². The highest BCUT2D eigenvalue weighted by Gasteiger charge is 2.67. The third-order valence-electron chi connectivity index (χ3n) is 8.10. The number of Topliss-reactive ketones (excluding diaryl/α,β-unsaturated/α-hetero) is 1. The molecule has 3 aliphatic heterocycles. The number of ether oxygens (including phenoxy) is 1. The molecule has 0 aliphatic carbocycles. The summed E-state index contributed by atoms with van der Waals surface area (Å²) in [5, 5.41) is 12.5. The van der Waals surface area contributed by atoms with Crippen LogP contribution >= 0.6 is 0 Å². The summed E-state index contributed by atoms with van der Waals surface area (Å²) < 4.78 is 30.5. The zero-order valence-corrected chi connectivity index (χ0v) is 20.5. The minimum atomic E-state index is -2.96. The van der Waals surface area contributed by atoms with E-state index in [1.807, 2.05) is 6.07 Å². The molecule has 3 aliphatic rings. The molecular weight excluding hydrogens is 482 g/mol. The number of hydrogen-bond acceptors (Lipinski definition) is 5. The molecule has 37 heavy (non-hydrogen) atoms. The quantitative estimate of drug-likeness (QED) is 0.480. The van der Waals surface area contributed by atoms with E-state index in [1.165, 1.54) is 6.07 Å². The fraction of sp³-hybridized carbons (Fsp3) is 0.444. The molecule has 194 valence electrons. The van der Waals surface area contributed by atoms with Gasteiger partial charge in [-0.25, -0.2) is 0 Å². The molecule has 1 unspecified atom stereocenters. The van der Waals surface area contributed by atoms with E-state index < -0.39 is 24.2 Å². The van der Waals surface area contributed by atoms with Crippen LogP contribution in [-0.4, -0.2) is 68.5 Å². The van der Waals surface area contributed by atoms with Crippen molar-refractivity contribution < 1.29 is 28.3 Å². The number of carbonyl (C=O) groups excluding carboxylic acids is 1. The van der Waals surface area contributed by atoms with Crippen LogP contribution in [0, 0.1) is 4.91 Å². The van der Waals surface area contributed by atoms with Gasteiger partial charge in [0.15, 0.2) is 11.6 Å². The maximum atomic E-state index is 13.9. The van der Waals surface area contributed by atoms with Crippen LogP contribution < -0.4 is 4.74 Å². The van der Waals surface area contributed by atoms with Crippen molar-refractivity contribution in [1.29, 1.82) is 0 Å². The molecule has 3 aromatic rings. The van der Waals surface area contributed by atoms with Crippen LogP contribution in [0.3, 0.4) is 0 Å². The highest BCUT2D eigenvalue weighted by Crippen LogP contribution is 2.49. The Hall–Kier alpha value is -3.53. The number of halogens is 2. The number of aromatic nitrogens is 1. The number of nitrogens with one attached hydrogen (secondary N) is 1. The smallest absolute Gasteiger partial charge is 0.387 e. The Morgan fingerprint density at radius 1 is 1.22 bits per heavy atom. The van der Waals surface area contributed by atoms with Gasteiger partial charge >= 0.3 is 6.61 Å². The molecular formula is C27H29F2N4O4+. The summed E-state index contributed by atoms with van der Waals surface area (Å²) >= 11 is 0. The van der Waals surface area contributed by atoms with Crippen molar-refractivity contribution in [2.75, 3.05) is 19.6 Å². The van der Waals surface area contributed by atoms with E-state index in [1.54, 1.807) is 42.3 Å². The van der Waals surface area contributed by atoms with Crippen LogP contribution in [0.5, 0.6) is 11.5 Å². The molecule has 1 aromatic heterocycles. The molecule has 2 aromatic carbocycles. The lowest BCUT2D eigenvalue weighted by atomic mass is 9.79. The molecule has 2 N–H and O–H groups in total. The lowest BCUT2D eigenvalue weighted by Crippen LogP contribution is -2.54. The van der Waals surface area contributed by atoms with E-state index in [-0.39, 0.29) is 23.7 Å². The Kier molecular flexibility index (Phi) is 5.67. The fourth-order valence-corrected chi connectivity index (χ4v) is 6.38. The minimum Gasteiger partial charge on any atom is -0.508 e.